The molecule has 1 N–H and O–H groups in total. The molecule has 0 aliphatic carbocycles. The smallest absolute Gasteiger partial charge is 0.235 e. The number of nitrogens with one attached hydrogen (secondary N) is 1. The van der Waals surface area contributed by atoms with E-state index in [-0.39, 0.29) is 10.9 Å². The van der Waals surface area contributed by atoms with Gasteiger partial charge < -0.3 is 5.32 Å². The highest BCUT2D eigenvalue weighted by Crippen LogP contribution is 2.43. The van der Waals surface area contributed by atoms with Gasteiger partial charge in [-0.05, 0) is 60.0 Å². The fourth-order valence-corrected chi connectivity index (χ4v) is 4.74. The van der Waals surface area contributed by atoms with Crippen molar-refractivity contribution in [2.45, 2.75) is 18.8 Å². The second-order valence-electron chi connectivity index (χ2n) is 6.56. The molecular formula is C20H14Cl2FNOS. The third-order valence-corrected chi connectivity index (χ3v) is 6.29. The molecule has 2 nitrogen and oxygen atoms in total. The number of carbonyl (C=O) groups excluding carboxylic acids is 1. The summed E-state index contributed by atoms with van der Waals surface area (Å²) in [6.07, 6.45) is 0.566. The Morgan fingerprint density at radius 2 is 1.81 bits per heavy atom. The molecule has 2 heterocycles. The SMILES string of the molecule is CC1(Cc2ccc(Cl)s2)C(=O)Nc2ccc(-c3ccc(F)c(Cl)c3)cc21. The van der Waals surface area contributed by atoms with Crippen LogP contribution in [0.25, 0.3) is 11.1 Å². The monoisotopic (exact) mass is 405 g/mol. The third kappa shape index (κ3) is 2.92. The molecule has 132 valence electrons. The average Bonchev–Trinajstić information content (AvgIpc) is 3.11. The normalized spacial score (nSPS) is 18.7. The van der Waals surface area contributed by atoms with Gasteiger partial charge in [0.25, 0.3) is 0 Å². The number of fused-ring (bicyclic) bond motifs is 1. The second kappa shape index (κ2) is 6.38. The molecule has 1 amide bonds. The van der Waals surface area contributed by atoms with Crippen LogP contribution < -0.4 is 5.32 Å². The van der Waals surface area contributed by atoms with Gasteiger partial charge in [0.1, 0.15) is 5.82 Å². The van der Waals surface area contributed by atoms with Crippen LogP contribution in [0.2, 0.25) is 9.36 Å². The summed E-state index contributed by atoms with van der Waals surface area (Å²) in [5.41, 5.74) is 2.73. The number of rotatable bonds is 3. The summed E-state index contributed by atoms with van der Waals surface area (Å²) in [5, 5.41) is 3.04. The number of hydrogen-bond acceptors (Lipinski definition) is 2. The van der Waals surface area contributed by atoms with Crippen LogP contribution in [0.15, 0.2) is 48.5 Å². The number of halogens is 3. The predicted octanol–water partition coefficient (Wildman–Crippen LogP) is 6.31. The van der Waals surface area contributed by atoms with Crippen molar-refractivity contribution in [2.75, 3.05) is 5.32 Å². The molecule has 0 saturated carbocycles. The molecule has 0 radical (unpaired) electrons. The van der Waals surface area contributed by atoms with E-state index in [4.69, 9.17) is 23.2 Å². The molecule has 1 unspecified atom stereocenters. The van der Waals surface area contributed by atoms with Gasteiger partial charge in [-0.25, -0.2) is 4.39 Å². The minimum atomic E-state index is -0.691. The summed E-state index contributed by atoms with van der Waals surface area (Å²) in [4.78, 5) is 13.8. The summed E-state index contributed by atoms with van der Waals surface area (Å²) < 4.78 is 14.2. The Bertz CT molecular complexity index is 1030. The van der Waals surface area contributed by atoms with E-state index >= 15 is 0 Å². The Hall–Kier alpha value is -1.88. The molecule has 0 fully saturated rings. The van der Waals surface area contributed by atoms with Gasteiger partial charge in [-0.15, -0.1) is 11.3 Å². The van der Waals surface area contributed by atoms with Crippen LogP contribution in [0.5, 0.6) is 0 Å². The van der Waals surface area contributed by atoms with Crippen molar-refractivity contribution in [3.05, 3.63) is 74.1 Å². The Morgan fingerprint density at radius 1 is 1.08 bits per heavy atom. The van der Waals surface area contributed by atoms with Crippen molar-refractivity contribution in [1.82, 2.24) is 0 Å². The zero-order valence-corrected chi connectivity index (χ0v) is 16.1. The summed E-state index contributed by atoms with van der Waals surface area (Å²) in [6.45, 7) is 1.93. The van der Waals surface area contributed by atoms with Gasteiger partial charge in [0.15, 0.2) is 0 Å². The van der Waals surface area contributed by atoms with Crippen LogP contribution in [0, 0.1) is 5.82 Å². The summed E-state index contributed by atoms with van der Waals surface area (Å²) in [6, 6.07) is 14.2. The number of thiophene rings is 1. The Balaban J connectivity index is 1.77. The molecule has 1 aromatic heterocycles. The van der Waals surface area contributed by atoms with Gasteiger partial charge in [-0.2, -0.15) is 0 Å². The van der Waals surface area contributed by atoms with Crippen molar-refractivity contribution < 1.29 is 9.18 Å². The fourth-order valence-electron chi connectivity index (χ4n) is 3.32. The molecule has 1 aliphatic rings. The molecule has 3 aromatic rings. The van der Waals surface area contributed by atoms with Gasteiger partial charge >= 0.3 is 0 Å². The van der Waals surface area contributed by atoms with E-state index < -0.39 is 11.2 Å². The Labute approximate surface area is 164 Å². The standard InChI is InChI=1S/C20H14Cl2FNOS/c1-20(10-13-4-7-18(22)26-13)14-8-11(3-6-17(14)24-19(20)25)12-2-5-16(23)15(21)9-12/h2-9H,10H2,1H3,(H,24,25). The van der Waals surface area contributed by atoms with E-state index in [1.165, 1.54) is 17.4 Å². The lowest BCUT2D eigenvalue weighted by atomic mass is 9.79. The number of carbonyl (C=O) groups is 1. The topological polar surface area (TPSA) is 29.1 Å². The van der Waals surface area contributed by atoms with Crippen LogP contribution in [-0.2, 0) is 16.6 Å². The van der Waals surface area contributed by atoms with E-state index in [0.717, 1.165) is 27.3 Å². The summed E-state index contributed by atoms with van der Waals surface area (Å²) >= 11 is 13.4. The lowest BCUT2D eigenvalue weighted by molar-refractivity contribution is -0.120. The average molecular weight is 406 g/mol. The highest BCUT2D eigenvalue weighted by atomic mass is 35.5. The van der Waals surface area contributed by atoms with Gasteiger partial charge in [0.05, 0.1) is 14.8 Å². The first kappa shape index (κ1) is 17.5. The lowest BCUT2D eigenvalue weighted by Gasteiger charge is -2.22. The van der Waals surface area contributed by atoms with Crippen LogP contribution in [0.1, 0.15) is 17.4 Å². The van der Waals surface area contributed by atoms with Crippen molar-refractivity contribution in [1.29, 1.82) is 0 Å². The van der Waals surface area contributed by atoms with E-state index in [2.05, 4.69) is 5.32 Å². The largest absolute Gasteiger partial charge is 0.325 e. The van der Waals surface area contributed by atoms with Gasteiger partial charge in [0, 0.05) is 17.0 Å². The number of hydrogen-bond donors (Lipinski definition) is 1. The van der Waals surface area contributed by atoms with Crippen LogP contribution >= 0.6 is 34.5 Å². The maximum Gasteiger partial charge on any atom is 0.235 e. The van der Waals surface area contributed by atoms with E-state index in [0.29, 0.717) is 10.8 Å². The van der Waals surface area contributed by atoms with E-state index in [1.807, 2.05) is 37.3 Å². The molecule has 26 heavy (non-hydrogen) atoms. The maximum atomic E-state index is 13.5. The zero-order chi connectivity index (χ0) is 18.5. The van der Waals surface area contributed by atoms with Gasteiger partial charge in [-0.3, -0.25) is 4.79 Å². The Morgan fingerprint density at radius 3 is 2.50 bits per heavy atom. The molecule has 0 bridgehead atoms. The van der Waals surface area contributed by atoms with E-state index in [9.17, 15) is 9.18 Å². The molecule has 4 rings (SSSR count). The summed E-state index contributed by atoms with van der Waals surface area (Å²) in [5.74, 6) is -0.487. The van der Waals surface area contributed by atoms with Crippen molar-refractivity contribution in [2.24, 2.45) is 0 Å². The molecule has 2 aromatic carbocycles. The molecule has 0 saturated heterocycles. The number of benzene rings is 2. The minimum Gasteiger partial charge on any atom is -0.325 e. The van der Waals surface area contributed by atoms with Gasteiger partial charge in [0.2, 0.25) is 5.91 Å². The van der Waals surface area contributed by atoms with Crippen LogP contribution in [0.4, 0.5) is 10.1 Å². The zero-order valence-electron chi connectivity index (χ0n) is 13.8. The molecular weight excluding hydrogens is 392 g/mol. The molecule has 6 heteroatoms. The minimum absolute atomic E-state index is 0.0358. The predicted molar refractivity (Wildman–Crippen MR) is 106 cm³/mol. The van der Waals surface area contributed by atoms with Crippen LogP contribution in [0.3, 0.4) is 0 Å². The highest BCUT2D eigenvalue weighted by Gasteiger charge is 2.43. The first-order valence-corrected chi connectivity index (χ1v) is 9.60. The second-order valence-corrected chi connectivity index (χ2v) is 8.76. The first-order chi connectivity index (χ1) is 12.4. The number of amides is 1. The van der Waals surface area contributed by atoms with E-state index in [1.54, 1.807) is 12.1 Å². The Kier molecular flexibility index (Phi) is 4.30. The molecule has 1 aliphatic heterocycles. The third-order valence-electron chi connectivity index (χ3n) is 4.77. The summed E-state index contributed by atoms with van der Waals surface area (Å²) in [7, 11) is 0. The maximum absolute atomic E-state index is 13.5. The van der Waals surface area contributed by atoms with Crippen molar-refractivity contribution in [3.63, 3.8) is 0 Å². The number of anilines is 1. The fraction of sp³-hybridized carbons (Fsp3) is 0.150. The van der Waals surface area contributed by atoms with Crippen molar-refractivity contribution >= 4 is 46.1 Å². The molecule has 1 atom stereocenters. The lowest BCUT2D eigenvalue weighted by Crippen LogP contribution is -2.33. The highest BCUT2D eigenvalue weighted by molar-refractivity contribution is 7.16. The van der Waals surface area contributed by atoms with Gasteiger partial charge in [-0.1, -0.05) is 35.3 Å². The molecule has 0 spiro atoms. The quantitative estimate of drug-likeness (QED) is 0.542. The van der Waals surface area contributed by atoms with Crippen molar-refractivity contribution in [3.8, 4) is 11.1 Å². The first-order valence-electron chi connectivity index (χ1n) is 8.02. The van der Waals surface area contributed by atoms with Crippen LogP contribution in [-0.4, -0.2) is 5.91 Å².